The maximum atomic E-state index is 11.4. The molecule has 1 rings (SSSR count). The van der Waals surface area contributed by atoms with Crippen molar-refractivity contribution in [2.45, 2.75) is 53.1 Å². The van der Waals surface area contributed by atoms with Crippen LogP contribution in [0.5, 0.6) is 0 Å². The summed E-state index contributed by atoms with van der Waals surface area (Å²) >= 11 is 0. The van der Waals surface area contributed by atoms with E-state index in [-0.39, 0.29) is 12.1 Å². The Morgan fingerprint density at radius 3 is 2.13 bits per heavy atom. The van der Waals surface area contributed by atoms with Gasteiger partial charge in [0.1, 0.15) is 6.10 Å². The van der Waals surface area contributed by atoms with Crippen molar-refractivity contribution in [2.75, 3.05) is 0 Å². The Morgan fingerprint density at radius 2 is 1.67 bits per heavy atom. The molecular weight excluding hydrogens is 188 g/mol. The Kier molecular flexibility index (Phi) is 4.37. The molecule has 0 spiro atoms. The summed E-state index contributed by atoms with van der Waals surface area (Å²) in [6, 6.07) is 0. The first kappa shape index (κ1) is 12.3. The van der Waals surface area contributed by atoms with Crippen LogP contribution >= 0.6 is 0 Å². The Labute approximate surface area is 92.7 Å². The third-order valence-electron chi connectivity index (χ3n) is 2.82. The lowest BCUT2D eigenvalue weighted by Gasteiger charge is -2.30. The third-order valence-corrected chi connectivity index (χ3v) is 2.82. The van der Waals surface area contributed by atoms with Gasteiger partial charge in [-0.25, -0.2) is 4.79 Å². The lowest BCUT2D eigenvalue weighted by atomic mass is 9.82. The van der Waals surface area contributed by atoms with E-state index in [0.29, 0.717) is 11.8 Å². The van der Waals surface area contributed by atoms with Crippen LogP contribution in [0, 0.1) is 11.8 Å². The summed E-state index contributed by atoms with van der Waals surface area (Å²) in [5.41, 5.74) is 0.997. The summed E-state index contributed by atoms with van der Waals surface area (Å²) in [7, 11) is 0. The first-order chi connectivity index (χ1) is 6.97. The summed E-state index contributed by atoms with van der Waals surface area (Å²) in [6.07, 6.45) is 5.01. The Hall–Kier alpha value is -0.790. The van der Waals surface area contributed by atoms with Crippen LogP contribution in [-0.2, 0) is 9.53 Å². The van der Waals surface area contributed by atoms with Crippen molar-refractivity contribution in [3.8, 4) is 0 Å². The number of allylic oxidation sites excluding steroid dienone is 1. The van der Waals surface area contributed by atoms with E-state index >= 15 is 0 Å². The van der Waals surface area contributed by atoms with Gasteiger partial charge in [-0.15, -0.1) is 0 Å². The van der Waals surface area contributed by atoms with Crippen molar-refractivity contribution in [1.82, 2.24) is 0 Å². The van der Waals surface area contributed by atoms with E-state index in [1.165, 1.54) is 6.42 Å². The largest absolute Gasteiger partial charge is 0.459 e. The highest BCUT2D eigenvalue weighted by molar-refractivity contribution is 5.82. The summed E-state index contributed by atoms with van der Waals surface area (Å²) in [6.45, 7) is 8.29. The molecule has 1 saturated carbocycles. The fourth-order valence-electron chi connectivity index (χ4n) is 2.40. The second-order valence-electron chi connectivity index (χ2n) is 5.20. The zero-order chi connectivity index (χ0) is 11.4. The summed E-state index contributed by atoms with van der Waals surface area (Å²) in [4.78, 5) is 11.4. The molecule has 0 radical (unpaired) electrons. The average molecular weight is 210 g/mol. The zero-order valence-corrected chi connectivity index (χ0v) is 10.2. The number of hydrogen-bond acceptors (Lipinski definition) is 2. The minimum atomic E-state index is -0.179. The van der Waals surface area contributed by atoms with Gasteiger partial charge in [-0.1, -0.05) is 19.4 Å². The zero-order valence-electron chi connectivity index (χ0n) is 10.2. The van der Waals surface area contributed by atoms with Gasteiger partial charge in [-0.2, -0.15) is 0 Å². The van der Waals surface area contributed by atoms with Gasteiger partial charge in [0, 0.05) is 6.08 Å². The first-order valence-electron chi connectivity index (χ1n) is 5.83. The molecule has 1 fully saturated rings. The Morgan fingerprint density at radius 1 is 1.13 bits per heavy atom. The number of hydrogen-bond donors (Lipinski definition) is 0. The maximum absolute atomic E-state index is 11.4. The van der Waals surface area contributed by atoms with Crippen molar-refractivity contribution in [1.29, 1.82) is 0 Å². The standard InChI is InChI=1S/C13H22O2/c1-9(2)5-13(14)15-12-7-10(3)6-11(4)8-12/h5,10-12H,6-8H2,1-4H3. The van der Waals surface area contributed by atoms with Gasteiger partial charge in [0.25, 0.3) is 0 Å². The predicted molar refractivity (Wildman–Crippen MR) is 61.5 cm³/mol. The molecular formula is C13H22O2. The Balaban J connectivity index is 2.44. The van der Waals surface area contributed by atoms with Gasteiger partial charge < -0.3 is 4.74 Å². The van der Waals surface area contributed by atoms with Crippen LogP contribution in [0.1, 0.15) is 47.0 Å². The van der Waals surface area contributed by atoms with Crippen LogP contribution in [0.4, 0.5) is 0 Å². The van der Waals surface area contributed by atoms with Crippen molar-refractivity contribution >= 4 is 5.97 Å². The van der Waals surface area contributed by atoms with E-state index in [1.807, 2.05) is 13.8 Å². The van der Waals surface area contributed by atoms with Gasteiger partial charge in [0.15, 0.2) is 0 Å². The molecule has 0 aromatic carbocycles. The van der Waals surface area contributed by atoms with Crippen LogP contribution in [0.15, 0.2) is 11.6 Å². The number of carbonyl (C=O) groups excluding carboxylic acids is 1. The van der Waals surface area contributed by atoms with Gasteiger partial charge >= 0.3 is 5.97 Å². The highest BCUT2D eigenvalue weighted by Gasteiger charge is 2.25. The lowest BCUT2D eigenvalue weighted by molar-refractivity contribution is -0.145. The highest BCUT2D eigenvalue weighted by atomic mass is 16.5. The van der Waals surface area contributed by atoms with Crippen LogP contribution in [0.3, 0.4) is 0 Å². The normalized spacial score (nSPS) is 30.8. The number of esters is 1. The Bertz CT molecular complexity index is 241. The second-order valence-corrected chi connectivity index (χ2v) is 5.20. The van der Waals surface area contributed by atoms with Crippen LogP contribution in [0.25, 0.3) is 0 Å². The molecule has 0 heterocycles. The lowest BCUT2D eigenvalue weighted by Crippen LogP contribution is -2.27. The van der Waals surface area contributed by atoms with Crippen molar-refractivity contribution in [2.24, 2.45) is 11.8 Å². The van der Waals surface area contributed by atoms with Gasteiger partial charge in [0.2, 0.25) is 0 Å². The van der Waals surface area contributed by atoms with Crippen molar-refractivity contribution in [3.05, 3.63) is 11.6 Å². The molecule has 2 unspecified atom stereocenters. The van der Waals surface area contributed by atoms with Crippen molar-refractivity contribution < 1.29 is 9.53 Å². The third kappa shape index (κ3) is 4.50. The van der Waals surface area contributed by atoms with Crippen LogP contribution < -0.4 is 0 Å². The van der Waals surface area contributed by atoms with E-state index in [2.05, 4.69) is 13.8 Å². The minimum Gasteiger partial charge on any atom is -0.459 e. The van der Waals surface area contributed by atoms with Gasteiger partial charge in [-0.3, -0.25) is 0 Å². The average Bonchev–Trinajstić information content (AvgIpc) is 1.98. The molecule has 2 heteroatoms. The topological polar surface area (TPSA) is 26.3 Å². The molecule has 0 bridgehead atoms. The predicted octanol–water partition coefficient (Wildman–Crippen LogP) is 3.32. The van der Waals surface area contributed by atoms with Gasteiger partial charge in [0.05, 0.1) is 0 Å². The van der Waals surface area contributed by atoms with E-state index in [0.717, 1.165) is 18.4 Å². The second kappa shape index (κ2) is 5.34. The molecule has 15 heavy (non-hydrogen) atoms. The van der Waals surface area contributed by atoms with E-state index < -0.39 is 0 Å². The van der Waals surface area contributed by atoms with Crippen LogP contribution in [0.2, 0.25) is 0 Å². The maximum Gasteiger partial charge on any atom is 0.330 e. The highest BCUT2D eigenvalue weighted by Crippen LogP contribution is 2.30. The van der Waals surface area contributed by atoms with Crippen molar-refractivity contribution in [3.63, 3.8) is 0 Å². The van der Waals surface area contributed by atoms with E-state index in [9.17, 15) is 4.79 Å². The summed E-state index contributed by atoms with van der Waals surface area (Å²) in [5, 5.41) is 0. The number of ether oxygens (including phenoxy) is 1. The summed E-state index contributed by atoms with van der Waals surface area (Å²) in [5.74, 6) is 1.18. The summed E-state index contributed by atoms with van der Waals surface area (Å²) < 4.78 is 5.43. The van der Waals surface area contributed by atoms with Crippen LogP contribution in [-0.4, -0.2) is 12.1 Å². The molecule has 0 saturated heterocycles. The molecule has 2 nitrogen and oxygen atoms in total. The molecule has 0 aromatic rings. The smallest absolute Gasteiger partial charge is 0.330 e. The van der Waals surface area contributed by atoms with E-state index in [4.69, 9.17) is 4.74 Å². The van der Waals surface area contributed by atoms with E-state index in [1.54, 1.807) is 6.08 Å². The molecule has 0 N–H and O–H groups in total. The SMILES string of the molecule is CC(C)=CC(=O)OC1CC(C)CC(C)C1. The molecule has 0 aliphatic heterocycles. The molecule has 0 aromatic heterocycles. The van der Waals surface area contributed by atoms with Gasteiger partial charge in [-0.05, 0) is 44.9 Å². The first-order valence-corrected chi connectivity index (χ1v) is 5.83. The molecule has 0 amide bonds. The fraction of sp³-hybridized carbons (Fsp3) is 0.769. The quantitative estimate of drug-likeness (QED) is 0.516. The number of rotatable bonds is 2. The molecule has 1 aliphatic carbocycles. The number of carbonyl (C=O) groups is 1. The fourth-order valence-corrected chi connectivity index (χ4v) is 2.40. The monoisotopic (exact) mass is 210 g/mol. The molecule has 86 valence electrons. The molecule has 2 atom stereocenters. The minimum absolute atomic E-state index is 0.131. The molecule has 1 aliphatic rings.